The van der Waals surface area contributed by atoms with Gasteiger partial charge in [-0.1, -0.05) is 30.3 Å². The van der Waals surface area contributed by atoms with Crippen LogP contribution in [0.5, 0.6) is 11.5 Å². The molecule has 0 radical (unpaired) electrons. The van der Waals surface area contributed by atoms with Gasteiger partial charge in [0.2, 0.25) is 0 Å². The third-order valence-electron chi connectivity index (χ3n) is 3.09. The van der Waals surface area contributed by atoms with Crippen molar-refractivity contribution in [1.29, 1.82) is 0 Å². The highest BCUT2D eigenvalue weighted by molar-refractivity contribution is 5.89. The number of benzene rings is 2. The number of fused-ring (bicyclic) bond motifs is 1. The van der Waals surface area contributed by atoms with Gasteiger partial charge in [0.05, 0.1) is 19.6 Å². The Morgan fingerprint density at radius 2 is 1.68 bits per heavy atom. The molecule has 0 aliphatic rings. The summed E-state index contributed by atoms with van der Waals surface area (Å²) in [4.78, 5) is 0. The van der Waals surface area contributed by atoms with Crippen LogP contribution in [0.1, 0.15) is 0 Å². The van der Waals surface area contributed by atoms with Gasteiger partial charge in [0.25, 0.3) is 0 Å². The molecule has 3 aromatic rings. The second-order valence-corrected chi connectivity index (χ2v) is 4.22. The number of hydrogen-bond acceptors (Lipinski definition) is 3. The quantitative estimate of drug-likeness (QED) is 0.704. The van der Waals surface area contributed by atoms with Gasteiger partial charge in [0.15, 0.2) is 0 Å². The lowest BCUT2D eigenvalue weighted by atomic mass is 10.1. The smallest absolute Gasteiger partial charge is 0.142 e. The van der Waals surface area contributed by atoms with Crippen LogP contribution in [0.15, 0.2) is 52.9 Å². The normalized spacial score (nSPS) is 10.6. The zero-order valence-electron chi connectivity index (χ0n) is 10.8. The highest BCUT2D eigenvalue weighted by Crippen LogP contribution is 2.36. The molecule has 96 valence electrons. The molecule has 3 nitrogen and oxygen atoms in total. The van der Waals surface area contributed by atoms with Crippen LogP contribution in [0.2, 0.25) is 0 Å². The van der Waals surface area contributed by atoms with Gasteiger partial charge in [-0.2, -0.15) is 0 Å². The molecule has 0 saturated heterocycles. The van der Waals surface area contributed by atoms with Gasteiger partial charge in [-0.3, -0.25) is 0 Å². The first-order valence-corrected chi connectivity index (χ1v) is 6.03. The zero-order valence-corrected chi connectivity index (χ0v) is 10.8. The van der Waals surface area contributed by atoms with Crippen molar-refractivity contribution in [3.8, 4) is 22.8 Å². The lowest BCUT2D eigenvalue weighted by Crippen LogP contribution is -1.86. The van der Waals surface area contributed by atoms with E-state index in [1.54, 1.807) is 14.2 Å². The predicted octanol–water partition coefficient (Wildman–Crippen LogP) is 4.12. The van der Waals surface area contributed by atoms with E-state index < -0.39 is 0 Å². The summed E-state index contributed by atoms with van der Waals surface area (Å²) in [5.74, 6) is 2.29. The molecule has 0 amide bonds. The van der Waals surface area contributed by atoms with Gasteiger partial charge >= 0.3 is 0 Å². The Morgan fingerprint density at radius 3 is 2.37 bits per heavy atom. The molecule has 0 N–H and O–H groups in total. The van der Waals surface area contributed by atoms with Crippen LogP contribution in [-0.2, 0) is 0 Å². The maximum Gasteiger partial charge on any atom is 0.142 e. The van der Waals surface area contributed by atoms with Gasteiger partial charge < -0.3 is 13.9 Å². The van der Waals surface area contributed by atoms with Crippen LogP contribution in [0.25, 0.3) is 22.3 Å². The van der Waals surface area contributed by atoms with E-state index >= 15 is 0 Å². The van der Waals surface area contributed by atoms with Crippen LogP contribution in [0.4, 0.5) is 0 Å². The molecule has 0 atom stereocenters. The summed E-state index contributed by atoms with van der Waals surface area (Å²) in [6.45, 7) is 0. The molecule has 2 aromatic carbocycles. The van der Waals surface area contributed by atoms with Gasteiger partial charge in [-0.25, -0.2) is 0 Å². The minimum atomic E-state index is 0.721. The van der Waals surface area contributed by atoms with Crippen molar-refractivity contribution >= 4 is 11.0 Å². The summed E-state index contributed by atoms with van der Waals surface area (Å²) in [6.07, 6.45) is 0. The van der Waals surface area contributed by atoms with E-state index in [4.69, 9.17) is 13.9 Å². The lowest BCUT2D eigenvalue weighted by Gasteiger charge is -2.04. The molecule has 1 heterocycles. The SMILES string of the molecule is COc1cc(OC)c2cc(-c3ccccc3)oc2c1. The lowest BCUT2D eigenvalue weighted by molar-refractivity contribution is 0.397. The Kier molecular flexibility index (Phi) is 2.88. The first-order chi connectivity index (χ1) is 9.31. The van der Waals surface area contributed by atoms with Crippen LogP contribution in [-0.4, -0.2) is 14.2 Å². The van der Waals surface area contributed by atoms with Gasteiger partial charge in [0.1, 0.15) is 22.8 Å². The fourth-order valence-electron chi connectivity index (χ4n) is 2.11. The van der Waals surface area contributed by atoms with E-state index in [0.29, 0.717) is 0 Å². The molecular weight excluding hydrogens is 240 g/mol. The summed E-state index contributed by atoms with van der Waals surface area (Å²) in [5.41, 5.74) is 1.80. The molecule has 19 heavy (non-hydrogen) atoms. The standard InChI is InChI=1S/C16H14O3/c1-17-12-8-15(18-2)13-10-14(19-16(13)9-12)11-6-4-3-5-7-11/h3-10H,1-2H3. The number of furan rings is 1. The monoisotopic (exact) mass is 254 g/mol. The molecule has 0 aliphatic carbocycles. The molecule has 3 rings (SSSR count). The largest absolute Gasteiger partial charge is 0.496 e. The highest BCUT2D eigenvalue weighted by Gasteiger charge is 2.12. The minimum absolute atomic E-state index is 0.721. The average Bonchev–Trinajstić information content (AvgIpc) is 2.91. The molecule has 0 spiro atoms. The van der Waals surface area contributed by atoms with Crippen molar-refractivity contribution in [2.75, 3.05) is 14.2 Å². The number of ether oxygens (including phenoxy) is 2. The Hall–Kier alpha value is -2.42. The Labute approximate surface area is 111 Å². The Morgan fingerprint density at radius 1 is 0.895 bits per heavy atom. The summed E-state index contributed by atoms with van der Waals surface area (Å²) < 4.78 is 16.5. The first-order valence-electron chi connectivity index (χ1n) is 6.03. The molecule has 0 aliphatic heterocycles. The number of methoxy groups -OCH3 is 2. The second kappa shape index (κ2) is 4.69. The minimum Gasteiger partial charge on any atom is -0.496 e. The molecule has 0 saturated carbocycles. The van der Waals surface area contributed by atoms with Gasteiger partial charge in [0, 0.05) is 17.7 Å². The van der Waals surface area contributed by atoms with E-state index in [9.17, 15) is 0 Å². The van der Waals surface area contributed by atoms with E-state index in [1.165, 1.54) is 0 Å². The van der Waals surface area contributed by atoms with Crippen LogP contribution in [0.3, 0.4) is 0 Å². The maximum atomic E-state index is 5.88. The van der Waals surface area contributed by atoms with Crippen LogP contribution in [0, 0.1) is 0 Å². The van der Waals surface area contributed by atoms with Crippen molar-refractivity contribution in [2.45, 2.75) is 0 Å². The number of hydrogen-bond donors (Lipinski definition) is 0. The predicted molar refractivity (Wildman–Crippen MR) is 74.8 cm³/mol. The number of rotatable bonds is 3. The molecule has 3 heteroatoms. The van der Waals surface area contributed by atoms with Crippen LogP contribution < -0.4 is 9.47 Å². The van der Waals surface area contributed by atoms with E-state index in [-0.39, 0.29) is 0 Å². The summed E-state index contributed by atoms with van der Waals surface area (Å²) in [6, 6.07) is 15.7. The summed E-state index contributed by atoms with van der Waals surface area (Å²) in [7, 11) is 3.27. The van der Waals surface area contributed by atoms with E-state index in [0.717, 1.165) is 33.8 Å². The maximum absolute atomic E-state index is 5.88. The Bertz CT molecular complexity index is 699. The molecule has 1 aromatic heterocycles. The third kappa shape index (κ3) is 2.03. The van der Waals surface area contributed by atoms with Crippen molar-refractivity contribution in [1.82, 2.24) is 0 Å². The average molecular weight is 254 g/mol. The molecule has 0 unspecified atom stereocenters. The third-order valence-corrected chi connectivity index (χ3v) is 3.09. The van der Waals surface area contributed by atoms with Crippen molar-refractivity contribution in [3.05, 3.63) is 48.5 Å². The van der Waals surface area contributed by atoms with Crippen molar-refractivity contribution < 1.29 is 13.9 Å². The summed E-state index contributed by atoms with van der Waals surface area (Å²) >= 11 is 0. The summed E-state index contributed by atoms with van der Waals surface area (Å²) in [5, 5.41) is 0.946. The molecule has 0 bridgehead atoms. The zero-order chi connectivity index (χ0) is 13.2. The van der Waals surface area contributed by atoms with E-state index in [1.807, 2.05) is 48.5 Å². The van der Waals surface area contributed by atoms with Crippen molar-refractivity contribution in [2.24, 2.45) is 0 Å². The highest BCUT2D eigenvalue weighted by atomic mass is 16.5. The Balaban J connectivity index is 2.20. The topological polar surface area (TPSA) is 31.6 Å². The molecular formula is C16H14O3. The van der Waals surface area contributed by atoms with Gasteiger partial charge in [-0.15, -0.1) is 0 Å². The fraction of sp³-hybridized carbons (Fsp3) is 0.125. The fourth-order valence-corrected chi connectivity index (χ4v) is 2.11. The van der Waals surface area contributed by atoms with E-state index in [2.05, 4.69) is 0 Å². The second-order valence-electron chi connectivity index (χ2n) is 4.22. The van der Waals surface area contributed by atoms with Gasteiger partial charge in [-0.05, 0) is 6.07 Å². The molecule has 0 fully saturated rings. The first kappa shape index (κ1) is 11.7. The van der Waals surface area contributed by atoms with Crippen LogP contribution >= 0.6 is 0 Å². The van der Waals surface area contributed by atoms with Crippen molar-refractivity contribution in [3.63, 3.8) is 0 Å².